The first kappa shape index (κ1) is 13.5. The third-order valence-electron chi connectivity index (χ3n) is 2.63. The molecule has 2 N–H and O–H groups in total. The minimum Gasteiger partial charge on any atom is -0.834 e. The molecular formula is C11H15KN2O. The first-order valence-corrected chi connectivity index (χ1v) is 4.86. The molecule has 2 atom stereocenters. The van der Waals surface area contributed by atoms with Crippen LogP contribution in [0.15, 0.2) is 36.7 Å². The molecule has 1 heterocycles. The number of allylic oxidation sites excluding steroid dienone is 2. The van der Waals surface area contributed by atoms with Crippen molar-refractivity contribution in [3.8, 4) is 0 Å². The average molecular weight is 230 g/mol. The topological polar surface area (TPSA) is 47.1 Å². The first-order valence-electron chi connectivity index (χ1n) is 4.86. The van der Waals surface area contributed by atoms with Gasteiger partial charge in [-0.3, -0.25) is 0 Å². The van der Waals surface area contributed by atoms with Gasteiger partial charge in [0.1, 0.15) is 0 Å². The van der Waals surface area contributed by atoms with Gasteiger partial charge in [-0.2, -0.15) is 0 Å². The molecule has 0 aromatic rings. The summed E-state index contributed by atoms with van der Waals surface area (Å²) in [6, 6.07) is 0.168. The van der Waals surface area contributed by atoms with Crippen LogP contribution in [0.1, 0.15) is 13.3 Å². The summed E-state index contributed by atoms with van der Waals surface area (Å²) in [7, 11) is 0. The molecule has 4 heteroatoms. The standard InChI is InChI=1S/C11H15N2O.K/c1-8-12-10(7-11(2,14)13-8)9-5-3-4-6-9;/h3-6,9-10,12-13H,1,7H2,2H3;/q-1;+1. The van der Waals surface area contributed by atoms with Crippen LogP contribution in [0.5, 0.6) is 0 Å². The maximum Gasteiger partial charge on any atom is 1.00 e. The Hall–Kier alpha value is 0.416. The van der Waals surface area contributed by atoms with Gasteiger partial charge < -0.3 is 15.7 Å². The van der Waals surface area contributed by atoms with E-state index in [0.717, 1.165) is 0 Å². The molecule has 1 fully saturated rings. The zero-order chi connectivity index (χ0) is 10.2. The van der Waals surface area contributed by atoms with E-state index in [9.17, 15) is 5.11 Å². The Balaban J connectivity index is 0.00000112. The summed E-state index contributed by atoms with van der Waals surface area (Å²) in [5.74, 6) is 0.953. The molecule has 1 saturated heterocycles. The third-order valence-corrected chi connectivity index (χ3v) is 2.63. The van der Waals surface area contributed by atoms with E-state index >= 15 is 0 Å². The van der Waals surface area contributed by atoms with Gasteiger partial charge in [0.25, 0.3) is 0 Å². The Morgan fingerprint density at radius 1 is 1.47 bits per heavy atom. The second-order valence-electron chi connectivity index (χ2n) is 4.14. The molecule has 15 heavy (non-hydrogen) atoms. The monoisotopic (exact) mass is 230 g/mol. The predicted octanol–water partition coefficient (Wildman–Crippen LogP) is -2.77. The number of hydrogen-bond acceptors (Lipinski definition) is 3. The van der Waals surface area contributed by atoms with Crippen LogP contribution in [0.4, 0.5) is 0 Å². The molecule has 76 valence electrons. The fourth-order valence-corrected chi connectivity index (χ4v) is 2.05. The van der Waals surface area contributed by atoms with Gasteiger partial charge in [0.15, 0.2) is 0 Å². The normalized spacial score (nSPS) is 34.5. The molecular weight excluding hydrogens is 215 g/mol. The van der Waals surface area contributed by atoms with E-state index in [1.807, 2.05) is 12.2 Å². The third kappa shape index (κ3) is 3.44. The fourth-order valence-electron chi connectivity index (χ4n) is 2.05. The van der Waals surface area contributed by atoms with Crippen molar-refractivity contribution in [1.82, 2.24) is 10.6 Å². The van der Waals surface area contributed by atoms with Crippen molar-refractivity contribution >= 4 is 0 Å². The van der Waals surface area contributed by atoms with Crippen LogP contribution in [0, 0.1) is 5.92 Å². The molecule has 0 spiro atoms. The molecule has 2 rings (SSSR count). The van der Waals surface area contributed by atoms with E-state index in [0.29, 0.717) is 18.2 Å². The Labute approximate surface area is 133 Å². The van der Waals surface area contributed by atoms with Crippen LogP contribution in [0.2, 0.25) is 0 Å². The summed E-state index contributed by atoms with van der Waals surface area (Å²) >= 11 is 0. The van der Waals surface area contributed by atoms with Crippen molar-refractivity contribution in [2.24, 2.45) is 5.92 Å². The molecule has 0 amide bonds. The van der Waals surface area contributed by atoms with Gasteiger partial charge in [0, 0.05) is 12.0 Å². The van der Waals surface area contributed by atoms with Crippen molar-refractivity contribution in [2.45, 2.75) is 25.1 Å². The number of nitrogens with one attached hydrogen (secondary N) is 2. The maximum absolute atomic E-state index is 11.8. The van der Waals surface area contributed by atoms with Crippen LogP contribution in [0.25, 0.3) is 0 Å². The van der Waals surface area contributed by atoms with Crippen molar-refractivity contribution < 1.29 is 56.5 Å². The summed E-state index contributed by atoms with van der Waals surface area (Å²) < 4.78 is 0. The molecule has 2 aliphatic rings. The maximum atomic E-state index is 11.8. The fraction of sp³-hybridized carbons (Fsp3) is 0.455. The summed E-state index contributed by atoms with van der Waals surface area (Å²) in [5.41, 5.74) is -1.10. The van der Waals surface area contributed by atoms with Gasteiger partial charge in [-0.1, -0.05) is 37.8 Å². The first-order chi connectivity index (χ1) is 6.57. The zero-order valence-corrected chi connectivity index (χ0v) is 12.4. The Bertz CT molecular complexity index is 298. The quantitative estimate of drug-likeness (QED) is 0.480. The predicted molar refractivity (Wildman–Crippen MR) is 54.0 cm³/mol. The van der Waals surface area contributed by atoms with Gasteiger partial charge in [0.2, 0.25) is 0 Å². The number of hydrogen-bond donors (Lipinski definition) is 2. The second kappa shape index (κ2) is 5.16. The van der Waals surface area contributed by atoms with Crippen LogP contribution in [-0.4, -0.2) is 11.8 Å². The molecule has 0 aromatic heterocycles. The molecule has 0 aromatic carbocycles. The van der Waals surface area contributed by atoms with Crippen molar-refractivity contribution in [1.29, 1.82) is 0 Å². The Kier molecular flexibility index (Phi) is 4.64. The summed E-state index contributed by atoms with van der Waals surface area (Å²) in [5, 5.41) is 17.8. The minimum absolute atomic E-state index is 0. The summed E-state index contributed by atoms with van der Waals surface area (Å²) in [6.45, 7) is 5.42. The van der Waals surface area contributed by atoms with Crippen molar-refractivity contribution in [2.75, 3.05) is 0 Å². The smallest absolute Gasteiger partial charge is 0.834 e. The van der Waals surface area contributed by atoms with E-state index in [2.05, 4.69) is 29.4 Å². The van der Waals surface area contributed by atoms with Crippen molar-refractivity contribution in [3.63, 3.8) is 0 Å². The van der Waals surface area contributed by atoms with Crippen LogP contribution in [0.3, 0.4) is 0 Å². The molecule has 0 radical (unpaired) electrons. The van der Waals surface area contributed by atoms with E-state index < -0.39 is 5.72 Å². The molecule has 2 unspecified atom stereocenters. The van der Waals surface area contributed by atoms with Gasteiger partial charge >= 0.3 is 51.4 Å². The van der Waals surface area contributed by atoms with Gasteiger partial charge in [0.05, 0.1) is 5.82 Å². The van der Waals surface area contributed by atoms with E-state index in [1.165, 1.54) is 0 Å². The van der Waals surface area contributed by atoms with Crippen LogP contribution >= 0.6 is 0 Å². The molecule has 3 nitrogen and oxygen atoms in total. The largest absolute Gasteiger partial charge is 1.00 e. The molecule has 0 saturated carbocycles. The second-order valence-corrected chi connectivity index (χ2v) is 4.14. The van der Waals surface area contributed by atoms with Gasteiger partial charge in [-0.25, -0.2) is 0 Å². The number of rotatable bonds is 1. The molecule has 0 bridgehead atoms. The molecule has 1 aliphatic heterocycles. The van der Waals surface area contributed by atoms with Gasteiger partial charge in [-0.05, 0) is 12.1 Å². The van der Waals surface area contributed by atoms with E-state index in [1.54, 1.807) is 6.92 Å². The SMILES string of the molecule is C=C1NC(C2C=CC=C2)CC(C)([O-])N1.[K+]. The Morgan fingerprint density at radius 3 is 2.60 bits per heavy atom. The van der Waals surface area contributed by atoms with E-state index in [-0.39, 0.29) is 57.4 Å². The average Bonchev–Trinajstić information content (AvgIpc) is 2.51. The van der Waals surface area contributed by atoms with Gasteiger partial charge in [-0.15, -0.1) is 0 Å². The van der Waals surface area contributed by atoms with Crippen LogP contribution < -0.4 is 67.1 Å². The van der Waals surface area contributed by atoms with E-state index in [4.69, 9.17) is 0 Å². The summed E-state index contributed by atoms with van der Waals surface area (Å²) in [4.78, 5) is 0. The van der Waals surface area contributed by atoms with Crippen molar-refractivity contribution in [3.05, 3.63) is 36.7 Å². The molecule has 1 aliphatic carbocycles. The minimum atomic E-state index is -1.10. The summed E-state index contributed by atoms with van der Waals surface area (Å²) in [6.07, 6.45) is 8.79. The Morgan fingerprint density at radius 2 is 2.07 bits per heavy atom. The zero-order valence-electron chi connectivity index (χ0n) is 9.29. The van der Waals surface area contributed by atoms with Crippen LogP contribution in [-0.2, 0) is 0 Å².